The highest BCUT2D eigenvalue weighted by molar-refractivity contribution is 5.73. The molecule has 0 aromatic rings. The molecule has 4 heterocycles. The van der Waals surface area contributed by atoms with Gasteiger partial charge in [0, 0.05) is 32.8 Å². The van der Waals surface area contributed by atoms with Crippen molar-refractivity contribution in [3.05, 3.63) is 11.3 Å². The zero-order valence-corrected chi connectivity index (χ0v) is 32.4. The highest BCUT2D eigenvalue weighted by Gasteiger charge is 2.57. The van der Waals surface area contributed by atoms with E-state index in [1.54, 1.807) is 34.6 Å². The highest BCUT2D eigenvalue weighted by Crippen LogP contribution is 2.48. The van der Waals surface area contributed by atoms with Crippen molar-refractivity contribution in [1.82, 2.24) is 5.32 Å². The van der Waals surface area contributed by atoms with Gasteiger partial charge >= 0.3 is 5.97 Å². The lowest BCUT2D eigenvalue weighted by Crippen LogP contribution is -2.60. The molecule has 4 rings (SSSR count). The van der Waals surface area contributed by atoms with E-state index in [-0.39, 0.29) is 24.9 Å². The van der Waals surface area contributed by atoms with Gasteiger partial charge in [-0.2, -0.15) is 0 Å². The molecule has 14 heteroatoms. The van der Waals surface area contributed by atoms with Gasteiger partial charge in [0.2, 0.25) is 5.91 Å². The van der Waals surface area contributed by atoms with E-state index in [0.29, 0.717) is 18.6 Å². The van der Waals surface area contributed by atoms with E-state index in [2.05, 4.69) is 5.32 Å². The number of hydrogen-bond donors (Lipinski definition) is 5. The Morgan fingerprint density at radius 3 is 2.33 bits per heavy atom. The number of nitrogens with one attached hydrogen (secondary N) is 1. The van der Waals surface area contributed by atoms with Crippen LogP contribution >= 0.6 is 0 Å². The summed E-state index contributed by atoms with van der Waals surface area (Å²) in [5.41, 5.74) is -3.13. The number of methoxy groups -OCH3 is 1. The molecule has 14 nitrogen and oxygen atoms in total. The highest BCUT2D eigenvalue weighted by atomic mass is 16.7. The van der Waals surface area contributed by atoms with Gasteiger partial charge in [-0.05, 0) is 66.9 Å². The number of rotatable bonds is 9. The number of hydrogen-bond acceptors (Lipinski definition) is 13. The molecule has 0 saturated carbocycles. The van der Waals surface area contributed by atoms with Crippen LogP contribution in [0.15, 0.2) is 11.3 Å². The summed E-state index contributed by atoms with van der Waals surface area (Å²) in [5, 5.41) is 47.9. The summed E-state index contributed by atoms with van der Waals surface area (Å²) in [6, 6.07) is -0.633. The molecule has 0 aromatic carbocycles. The fourth-order valence-electron chi connectivity index (χ4n) is 8.64. The molecule has 0 spiro atoms. The van der Waals surface area contributed by atoms with Crippen LogP contribution in [-0.2, 0) is 42.7 Å². The summed E-state index contributed by atoms with van der Waals surface area (Å²) < 4.78 is 44.5. The first kappa shape index (κ1) is 41.9. The SMILES string of the molecule is CC[C@@H](O)[C@@](C)(O)[C@@H]1OC(=O)[C@H](C)[C@@H](O[C@H]2CC(C)(OC)[C@@H](O)C(C)O2)[C@H](C)[C@@H](O[C@@H]2OC(C)CC(NC(C)=O)C2O)[C@]2(C)CC(C)=C(O2)[C@@H]1C. The molecule has 5 unspecified atom stereocenters. The van der Waals surface area contributed by atoms with E-state index < -0.39 is 102 Å². The van der Waals surface area contributed by atoms with Crippen molar-refractivity contribution >= 4 is 11.9 Å². The van der Waals surface area contributed by atoms with Gasteiger partial charge in [0.25, 0.3) is 0 Å². The van der Waals surface area contributed by atoms with Gasteiger partial charge in [-0.25, -0.2) is 0 Å². The third-order valence-corrected chi connectivity index (χ3v) is 11.7. The number of carbonyl (C=O) groups excluding carboxylic acids is 2. The van der Waals surface area contributed by atoms with Crippen LogP contribution in [0.2, 0.25) is 0 Å². The van der Waals surface area contributed by atoms with Crippen molar-refractivity contribution in [2.45, 2.75) is 186 Å². The lowest BCUT2D eigenvalue weighted by Gasteiger charge is -2.48. The summed E-state index contributed by atoms with van der Waals surface area (Å²) in [6.07, 6.45) is -8.49. The van der Waals surface area contributed by atoms with Crippen molar-refractivity contribution < 1.29 is 63.2 Å². The Labute approximate surface area is 302 Å². The summed E-state index contributed by atoms with van der Waals surface area (Å²) in [7, 11) is 1.51. The molecule has 4 aliphatic heterocycles. The molecule has 5 N–H and O–H groups in total. The number of aliphatic hydroxyl groups is 4. The summed E-state index contributed by atoms with van der Waals surface area (Å²) >= 11 is 0. The molecule has 4 aliphatic rings. The van der Waals surface area contributed by atoms with Crippen molar-refractivity contribution in [2.24, 2.45) is 17.8 Å². The number of fused-ring (bicyclic) bond motifs is 2. The second-order valence-corrected chi connectivity index (χ2v) is 16.1. The molecule has 51 heavy (non-hydrogen) atoms. The summed E-state index contributed by atoms with van der Waals surface area (Å²) in [5.74, 6) is -2.80. The Kier molecular flexibility index (Phi) is 13.0. The Balaban J connectivity index is 1.83. The average molecular weight is 730 g/mol. The molecule has 1 amide bonds. The normalized spacial score (nSPS) is 45.6. The van der Waals surface area contributed by atoms with E-state index >= 15 is 0 Å². The quantitative estimate of drug-likeness (QED) is 0.218. The third kappa shape index (κ3) is 8.44. The maximum atomic E-state index is 14.3. The monoisotopic (exact) mass is 729 g/mol. The molecule has 3 saturated heterocycles. The van der Waals surface area contributed by atoms with Gasteiger partial charge < -0.3 is 58.9 Å². The Morgan fingerprint density at radius 1 is 1.10 bits per heavy atom. The van der Waals surface area contributed by atoms with Crippen LogP contribution in [0.5, 0.6) is 0 Å². The third-order valence-electron chi connectivity index (χ3n) is 11.7. The molecule has 0 aliphatic carbocycles. The van der Waals surface area contributed by atoms with Gasteiger partial charge in [0.05, 0.1) is 47.9 Å². The first-order valence-electron chi connectivity index (χ1n) is 18.4. The maximum Gasteiger partial charge on any atom is 0.311 e. The second-order valence-electron chi connectivity index (χ2n) is 16.1. The average Bonchev–Trinajstić information content (AvgIpc) is 3.37. The van der Waals surface area contributed by atoms with Crippen LogP contribution in [0.1, 0.15) is 102 Å². The molecular formula is C37H63NO13. The van der Waals surface area contributed by atoms with Crippen LogP contribution in [-0.4, -0.2) is 124 Å². The fraction of sp³-hybridized carbons (Fsp3) is 0.892. The predicted molar refractivity (Wildman–Crippen MR) is 184 cm³/mol. The zero-order valence-electron chi connectivity index (χ0n) is 32.4. The van der Waals surface area contributed by atoms with Crippen LogP contribution in [0.25, 0.3) is 0 Å². The van der Waals surface area contributed by atoms with Crippen LogP contribution < -0.4 is 5.32 Å². The van der Waals surface area contributed by atoms with Crippen molar-refractivity contribution in [1.29, 1.82) is 0 Å². The number of esters is 1. The van der Waals surface area contributed by atoms with Crippen LogP contribution in [0.3, 0.4) is 0 Å². The van der Waals surface area contributed by atoms with Gasteiger partial charge in [-0.3, -0.25) is 9.59 Å². The number of carbonyl (C=O) groups is 2. The number of aliphatic hydroxyl groups excluding tert-OH is 3. The summed E-state index contributed by atoms with van der Waals surface area (Å²) in [4.78, 5) is 26.3. The number of cyclic esters (lactones) is 1. The molecule has 17 atom stereocenters. The van der Waals surface area contributed by atoms with E-state index in [1.807, 2.05) is 27.7 Å². The zero-order chi connectivity index (χ0) is 38.4. The minimum atomic E-state index is -1.85. The maximum absolute atomic E-state index is 14.3. The smallest absolute Gasteiger partial charge is 0.311 e. The van der Waals surface area contributed by atoms with Gasteiger partial charge in [-0.15, -0.1) is 0 Å². The molecule has 0 radical (unpaired) electrons. The van der Waals surface area contributed by atoms with Gasteiger partial charge in [-0.1, -0.05) is 20.8 Å². The first-order chi connectivity index (χ1) is 23.6. The van der Waals surface area contributed by atoms with Gasteiger partial charge in [0.1, 0.15) is 41.4 Å². The van der Waals surface area contributed by atoms with Crippen molar-refractivity contribution in [3.8, 4) is 0 Å². The molecule has 0 aromatic heterocycles. The van der Waals surface area contributed by atoms with Crippen molar-refractivity contribution in [3.63, 3.8) is 0 Å². The predicted octanol–water partition coefficient (Wildman–Crippen LogP) is 2.47. The Hall–Kier alpha value is -1.88. The van der Waals surface area contributed by atoms with E-state index in [4.69, 9.17) is 33.2 Å². The standard InChI is InChI=1S/C37H63NO13/c1-13-25(40)37(11,44)32-19(4)28-17(2)15-36(10,51-28)31(50-34-27(41)24(38-23(8)39)14-18(3)46-34)20(5)29(21(6)33(43)49-32)48-26-16-35(9,45-12)30(42)22(7)47-26/h18-22,24-27,29-32,34,40-42,44H,13-16H2,1-12H3,(H,38,39)/t18?,19-,20-,21+,22?,24?,25+,26-,27?,29-,30-,31+,32+,34-,35?,36-,37+/m0/s1. The largest absolute Gasteiger partial charge is 0.488 e. The van der Waals surface area contributed by atoms with E-state index in [0.717, 1.165) is 5.57 Å². The first-order valence-corrected chi connectivity index (χ1v) is 18.4. The Morgan fingerprint density at radius 2 is 1.75 bits per heavy atom. The number of ether oxygens (including phenoxy) is 7. The summed E-state index contributed by atoms with van der Waals surface area (Å²) in [6.45, 7) is 19.0. The van der Waals surface area contributed by atoms with Crippen LogP contribution in [0.4, 0.5) is 0 Å². The lowest BCUT2D eigenvalue weighted by atomic mass is 9.78. The lowest BCUT2D eigenvalue weighted by molar-refractivity contribution is -0.314. The Bertz CT molecular complexity index is 1280. The van der Waals surface area contributed by atoms with Crippen LogP contribution in [0, 0.1) is 17.8 Å². The van der Waals surface area contributed by atoms with Gasteiger partial charge in [0.15, 0.2) is 12.6 Å². The topological polar surface area (TPSA) is 192 Å². The van der Waals surface area contributed by atoms with E-state index in [9.17, 15) is 30.0 Å². The molecular weight excluding hydrogens is 666 g/mol. The second kappa shape index (κ2) is 15.8. The molecule has 2 bridgehead atoms. The fourth-order valence-corrected chi connectivity index (χ4v) is 8.64. The molecule has 294 valence electrons. The molecule has 3 fully saturated rings. The minimum Gasteiger partial charge on any atom is -0.488 e. The minimum absolute atomic E-state index is 0.140. The number of amides is 1. The van der Waals surface area contributed by atoms with E-state index in [1.165, 1.54) is 21.0 Å². The van der Waals surface area contributed by atoms with Crippen molar-refractivity contribution in [2.75, 3.05) is 7.11 Å².